The van der Waals surface area contributed by atoms with Crippen LogP contribution in [0.25, 0.3) is 0 Å². The summed E-state index contributed by atoms with van der Waals surface area (Å²) < 4.78 is 7.50. The van der Waals surface area contributed by atoms with Crippen LogP contribution in [0.2, 0.25) is 0 Å². The topological polar surface area (TPSA) is 73.4 Å². The van der Waals surface area contributed by atoms with Crippen LogP contribution in [0.3, 0.4) is 0 Å². The third-order valence-corrected chi connectivity index (χ3v) is 3.91. The molecule has 0 unspecified atom stereocenters. The molecule has 0 atom stereocenters. The van der Waals surface area contributed by atoms with E-state index >= 15 is 0 Å². The third-order valence-electron chi connectivity index (χ3n) is 3.91. The van der Waals surface area contributed by atoms with Crippen molar-refractivity contribution in [3.63, 3.8) is 0 Å². The number of fused-ring (bicyclic) bond motifs is 1. The highest BCUT2D eigenvalue weighted by atomic mass is 16.5. The Kier molecular flexibility index (Phi) is 4.62. The number of hydrogen-bond acceptors (Lipinski definition) is 4. The summed E-state index contributed by atoms with van der Waals surface area (Å²) in [6.45, 7) is 5.02. The van der Waals surface area contributed by atoms with E-state index < -0.39 is 0 Å². The molecule has 0 aliphatic carbocycles. The molecule has 1 aromatic heterocycles. The van der Waals surface area contributed by atoms with Crippen LogP contribution < -0.4 is 10.5 Å². The highest BCUT2D eigenvalue weighted by Gasteiger charge is 2.21. The Morgan fingerprint density at radius 3 is 3.04 bits per heavy atom. The second-order valence-corrected chi connectivity index (χ2v) is 5.78. The van der Waals surface area contributed by atoms with Gasteiger partial charge in [0.05, 0.1) is 30.9 Å². The number of amides is 1. The fourth-order valence-corrected chi connectivity index (χ4v) is 2.83. The lowest BCUT2D eigenvalue weighted by Crippen LogP contribution is -2.39. The van der Waals surface area contributed by atoms with E-state index in [0.717, 1.165) is 29.2 Å². The summed E-state index contributed by atoms with van der Waals surface area (Å²) in [4.78, 5) is 14.4. The molecule has 0 saturated heterocycles. The summed E-state index contributed by atoms with van der Waals surface area (Å²) in [6.07, 6.45) is 0.382. The molecule has 1 aromatic carbocycles. The van der Waals surface area contributed by atoms with Crippen LogP contribution in [0, 0.1) is 6.92 Å². The predicted octanol–water partition coefficient (Wildman–Crippen LogP) is 1.11. The SMILES string of the molecule is Cc1cc2n(n1)CCN(C(=O)Cc1cccc(OCCN)c1)C2. The van der Waals surface area contributed by atoms with E-state index in [2.05, 4.69) is 5.10 Å². The van der Waals surface area contributed by atoms with Crippen molar-refractivity contribution in [1.29, 1.82) is 0 Å². The van der Waals surface area contributed by atoms with Crippen molar-refractivity contribution in [2.75, 3.05) is 19.7 Å². The van der Waals surface area contributed by atoms with Gasteiger partial charge in [0, 0.05) is 13.1 Å². The first-order valence-electron chi connectivity index (χ1n) is 7.88. The van der Waals surface area contributed by atoms with E-state index in [4.69, 9.17) is 10.5 Å². The number of carbonyl (C=O) groups excluding carboxylic acids is 1. The Labute approximate surface area is 135 Å². The molecule has 1 aliphatic rings. The quantitative estimate of drug-likeness (QED) is 0.897. The Morgan fingerprint density at radius 1 is 1.35 bits per heavy atom. The Balaban J connectivity index is 1.63. The number of nitrogens with zero attached hydrogens (tertiary/aromatic N) is 3. The van der Waals surface area contributed by atoms with Crippen molar-refractivity contribution >= 4 is 5.91 Å². The van der Waals surface area contributed by atoms with Crippen LogP contribution in [-0.4, -0.2) is 40.3 Å². The second kappa shape index (κ2) is 6.83. The molecule has 23 heavy (non-hydrogen) atoms. The van der Waals surface area contributed by atoms with Gasteiger partial charge in [-0.25, -0.2) is 0 Å². The zero-order valence-electron chi connectivity index (χ0n) is 13.4. The standard InChI is InChI=1S/C17H22N4O2/c1-13-9-15-12-20(6-7-21(15)19-13)17(22)11-14-3-2-4-16(10-14)23-8-5-18/h2-4,9-10H,5-8,11-12,18H2,1H3. The number of benzene rings is 1. The molecule has 0 bridgehead atoms. The van der Waals surface area contributed by atoms with Crippen molar-refractivity contribution in [3.8, 4) is 5.75 Å². The van der Waals surface area contributed by atoms with Gasteiger partial charge in [-0.3, -0.25) is 9.48 Å². The number of aromatic nitrogens is 2. The molecule has 1 aliphatic heterocycles. The molecule has 2 N–H and O–H groups in total. The maximum absolute atomic E-state index is 12.5. The van der Waals surface area contributed by atoms with E-state index in [1.807, 2.05) is 46.8 Å². The fourth-order valence-electron chi connectivity index (χ4n) is 2.83. The molecule has 3 rings (SSSR count). The predicted molar refractivity (Wildman–Crippen MR) is 87.1 cm³/mol. The fraction of sp³-hybridized carbons (Fsp3) is 0.412. The van der Waals surface area contributed by atoms with Crippen LogP contribution in [0.1, 0.15) is 17.0 Å². The highest BCUT2D eigenvalue weighted by molar-refractivity contribution is 5.79. The minimum absolute atomic E-state index is 0.131. The monoisotopic (exact) mass is 314 g/mol. The van der Waals surface area contributed by atoms with Crippen LogP contribution in [0.15, 0.2) is 30.3 Å². The Morgan fingerprint density at radius 2 is 2.22 bits per heavy atom. The first-order valence-corrected chi connectivity index (χ1v) is 7.88. The van der Waals surface area contributed by atoms with Gasteiger partial charge >= 0.3 is 0 Å². The molecule has 2 heterocycles. The summed E-state index contributed by atoms with van der Waals surface area (Å²) >= 11 is 0. The van der Waals surface area contributed by atoms with Gasteiger partial charge in [-0.2, -0.15) is 5.10 Å². The van der Waals surface area contributed by atoms with Crippen LogP contribution in [0.5, 0.6) is 5.75 Å². The molecular weight excluding hydrogens is 292 g/mol. The average molecular weight is 314 g/mol. The van der Waals surface area contributed by atoms with E-state index in [1.165, 1.54) is 0 Å². The van der Waals surface area contributed by atoms with E-state index in [1.54, 1.807) is 0 Å². The number of nitrogens with two attached hydrogens (primary N) is 1. The van der Waals surface area contributed by atoms with Gasteiger partial charge in [0.2, 0.25) is 5.91 Å². The average Bonchev–Trinajstić information content (AvgIpc) is 2.92. The minimum atomic E-state index is 0.131. The molecule has 0 fully saturated rings. The zero-order valence-corrected chi connectivity index (χ0v) is 13.4. The molecule has 122 valence electrons. The first-order chi connectivity index (χ1) is 11.2. The summed E-state index contributed by atoms with van der Waals surface area (Å²) in [5.41, 5.74) is 8.50. The summed E-state index contributed by atoms with van der Waals surface area (Å²) in [6, 6.07) is 9.69. The molecule has 6 heteroatoms. The van der Waals surface area contributed by atoms with Crippen molar-refractivity contribution in [1.82, 2.24) is 14.7 Å². The normalized spacial score (nSPS) is 13.7. The second-order valence-electron chi connectivity index (χ2n) is 5.78. The van der Waals surface area contributed by atoms with Gasteiger partial charge in [0.1, 0.15) is 12.4 Å². The van der Waals surface area contributed by atoms with Gasteiger partial charge in [0.25, 0.3) is 0 Å². The maximum Gasteiger partial charge on any atom is 0.227 e. The van der Waals surface area contributed by atoms with Crippen LogP contribution in [-0.2, 0) is 24.3 Å². The molecular formula is C17H22N4O2. The summed E-state index contributed by atoms with van der Waals surface area (Å²) in [7, 11) is 0. The van der Waals surface area contributed by atoms with Crippen molar-refractivity contribution in [2.45, 2.75) is 26.4 Å². The first kappa shape index (κ1) is 15.6. The van der Waals surface area contributed by atoms with Gasteiger partial charge in [-0.1, -0.05) is 12.1 Å². The van der Waals surface area contributed by atoms with Crippen molar-refractivity contribution < 1.29 is 9.53 Å². The molecule has 2 aromatic rings. The summed E-state index contributed by atoms with van der Waals surface area (Å²) in [5, 5.41) is 4.42. The molecule has 0 radical (unpaired) electrons. The maximum atomic E-state index is 12.5. The highest BCUT2D eigenvalue weighted by Crippen LogP contribution is 2.17. The van der Waals surface area contributed by atoms with Crippen LogP contribution >= 0.6 is 0 Å². The van der Waals surface area contributed by atoms with Gasteiger partial charge in [-0.15, -0.1) is 0 Å². The summed E-state index contributed by atoms with van der Waals surface area (Å²) in [5.74, 6) is 0.888. The minimum Gasteiger partial charge on any atom is -0.492 e. The van der Waals surface area contributed by atoms with E-state index in [9.17, 15) is 4.79 Å². The largest absolute Gasteiger partial charge is 0.492 e. The zero-order chi connectivity index (χ0) is 16.2. The molecule has 0 spiro atoms. The number of ether oxygens (including phenoxy) is 1. The number of aryl methyl sites for hydroxylation is 1. The van der Waals surface area contributed by atoms with Crippen LogP contribution in [0.4, 0.5) is 0 Å². The molecule has 6 nitrogen and oxygen atoms in total. The van der Waals surface area contributed by atoms with E-state index in [0.29, 0.717) is 32.7 Å². The molecule has 1 amide bonds. The van der Waals surface area contributed by atoms with Gasteiger partial charge in [0.15, 0.2) is 0 Å². The molecule has 0 saturated carbocycles. The Bertz CT molecular complexity index is 696. The van der Waals surface area contributed by atoms with Gasteiger partial charge in [-0.05, 0) is 30.7 Å². The van der Waals surface area contributed by atoms with E-state index in [-0.39, 0.29) is 5.91 Å². The lowest BCUT2D eigenvalue weighted by Gasteiger charge is -2.27. The number of carbonyl (C=O) groups is 1. The number of rotatable bonds is 5. The lowest BCUT2D eigenvalue weighted by atomic mass is 10.1. The smallest absolute Gasteiger partial charge is 0.227 e. The third kappa shape index (κ3) is 3.71. The van der Waals surface area contributed by atoms with Gasteiger partial charge < -0.3 is 15.4 Å². The van der Waals surface area contributed by atoms with Crippen molar-refractivity contribution in [2.24, 2.45) is 5.73 Å². The lowest BCUT2D eigenvalue weighted by molar-refractivity contribution is -0.132. The number of hydrogen-bond donors (Lipinski definition) is 1. The van der Waals surface area contributed by atoms with Crippen molar-refractivity contribution in [3.05, 3.63) is 47.3 Å². The Hall–Kier alpha value is -2.34.